The molecule has 2 aromatic heterocycles. The number of hydrogen-bond donors (Lipinski definition) is 2. The Bertz CT molecular complexity index is 1030. The molecule has 2 N–H and O–H groups in total. The van der Waals surface area contributed by atoms with Gasteiger partial charge in [0, 0.05) is 56.8 Å². The van der Waals surface area contributed by atoms with Crippen LogP contribution in [0.25, 0.3) is 5.82 Å². The summed E-state index contributed by atoms with van der Waals surface area (Å²) in [4.78, 5) is 8.72. The summed E-state index contributed by atoms with van der Waals surface area (Å²) >= 11 is 0. The van der Waals surface area contributed by atoms with Gasteiger partial charge in [-0.1, -0.05) is 12.1 Å². The van der Waals surface area contributed by atoms with Crippen molar-refractivity contribution in [3.8, 4) is 11.6 Å². The van der Waals surface area contributed by atoms with Crippen molar-refractivity contribution in [1.82, 2.24) is 25.4 Å². The number of nitrogens with zero attached hydrogens (tertiary/aromatic N) is 4. The van der Waals surface area contributed by atoms with Crippen molar-refractivity contribution in [3.63, 3.8) is 0 Å². The van der Waals surface area contributed by atoms with Crippen molar-refractivity contribution in [2.75, 3.05) is 26.9 Å². The molecule has 168 valence electrons. The van der Waals surface area contributed by atoms with E-state index in [4.69, 9.17) is 9.47 Å². The average molecular weight is 435 g/mol. The summed E-state index contributed by atoms with van der Waals surface area (Å²) in [6.45, 7) is 5.62. The third kappa shape index (κ3) is 5.85. The van der Waals surface area contributed by atoms with Gasteiger partial charge in [0.15, 0.2) is 11.8 Å². The highest BCUT2D eigenvalue weighted by Gasteiger charge is 2.17. The molecule has 1 fully saturated rings. The number of aromatic nitrogens is 3. The number of nitrogens with one attached hydrogen (secondary N) is 2. The quantitative estimate of drug-likeness (QED) is 0.419. The van der Waals surface area contributed by atoms with Gasteiger partial charge < -0.3 is 20.1 Å². The third-order valence-electron chi connectivity index (χ3n) is 5.40. The van der Waals surface area contributed by atoms with Gasteiger partial charge >= 0.3 is 0 Å². The SMILES string of the molecule is CN=C(NCc1ccnc(-n2cccn2)c1)NCc1ccc(C)cc1OCC1CCOC1. The Morgan fingerprint density at radius 2 is 2.12 bits per heavy atom. The van der Waals surface area contributed by atoms with Crippen molar-refractivity contribution in [2.45, 2.75) is 26.4 Å². The Labute approximate surface area is 188 Å². The van der Waals surface area contributed by atoms with Crippen LogP contribution in [0.2, 0.25) is 0 Å². The third-order valence-corrected chi connectivity index (χ3v) is 5.40. The maximum atomic E-state index is 6.15. The largest absolute Gasteiger partial charge is 0.493 e. The van der Waals surface area contributed by atoms with E-state index in [1.165, 1.54) is 5.56 Å². The number of benzene rings is 1. The molecule has 1 unspecified atom stereocenters. The fraction of sp³-hybridized carbons (Fsp3) is 0.375. The lowest BCUT2D eigenvalue weighted by atomic mass is 10.1. The van der Waals surface area contributed by atoms with Crippen LogP contribution in [-0.4, -0.2) is 47.6 Å². The van der Waals surface area contributed by atoms with Crippen molar-refractivity contribution in [2.24, 2.45) is 10.9 Å². The van der Waals surface area contributed by atoms with Gasteiger partial charge in [-0.05, 0) is 48.7 Å². The van der Waals surface area contributed by atoms with Crippen LogP contribution in [-0.2, 0) is 17.8 Å². The minimum Gasteiger partial charge on any atom is -0.493 e. The fourth-order valence-electron chi connectivity index (χ4n) is 3.55. The number of ether oxygens (including phenoxy) is 2. The number of rotatable bonds is 8. The molecule has 0 bridgehead atoms. The van der Waals surface area contributed by atoms with Gasteiger partial charge in [0.2, 0.25) is 0 Å². The minimum atomic E-state index is 0.470. The van der Waals surface area contributed by atoms with Gasteiger partial charge in [0.05, 0.1) is 13.2 Å². The Morgan fingerprint density at radius 3 is 2.91 bits per heavy atom. The molecule has 8 heteroatoms. The lowest BCUT2D eigenvalue weighted by molar-refractivity contribution is 0.166. The van der Waals surface area contributed by atoms with E-state index in [2.05, 4.69) is 50.8 Å². The first-order valence-corrected chi connectivity index (χ1v) is 10.9. The first-order valence-electron chi connectivity index (χ1n) is 10.9. The Kier molecular flexibility index (Phi) is 7.34. The van der Waals surface area contributed by atoms with E-state index in [1.807, 2.05) is 24.4 Å². The Hall–Kier alpha value is -3.39. The maximum absolute atomic E-state index is 6.15. The Balaban J connectivity index is 1.33. The number of aliphatic imine (C=N–C) groups is 1. The smallest absolute Gasteiger partial charge is 0.191 e. The molecular weight excluding hydrogens is 404 g/mol. The summed E-state index contributed by atoms with van der Waals surface area (Å²) in [5.74, 6) is 2.89. The molecule has 1 saturated heterocycles. The van der Waals surface area contributed by atoms with Crippen LogP contribution in [0.1, 0.15) is 23.1 Å². The van der Waals surface area contributed by atoms with Gasteiger partial charge in [0.1, 0.15) is 5.75 Å². The van der Waals surface area contributed by atoms with E-state index >= 15 is 0 Å². The summed E-state index contributed by atoms with van der Waals surface area (Å²) in [6.07, 6.45) is 6.46. The molecule has 1 aliphatic rings. The molecule has 0 radical (unpaired) electrons. The average Bonchev–Trinajstić information content (AvgIpc) is 3.53. The number of hydrogen-bond acceptors (Lipinski definition) is 5. The normalized spacial score (nSPS) is 16.2. The van der Waals surface area contributed by atoms with E-state index < -0.39 is 0 Å². The van der Waals surface area contributed by atoms with Crippen LogP contribution in [0, 0.1) is 12.8 Å². The summed E-state index contributed by atoms with van der Waals surface area (Å²) in [5, 5.41) is 11.0. The zero-order valence-electron chi connectivity index (χ0n) is 18.6. The molecule has 4 rings (SSSR count). The minimum absolute atomic E-state index is 0.470. The molecule has 0 amide bonds. The lowest BCUT2D eigenvalue weighted by Gasteiger charge is -2.17. The van der Waals surface area contributed by atoms with Crippen LogP contribution >= 0.6 is 0 Å². The van der Waals surface area contributed by atoms with Crippen molar-refractivity contribution in [1.29, 1.82) is 0 Å². The molecule has 0 aliphatic carbocycles. The summed E-state index contributed by atoms with van der Waals surface area (Å²) in [7, 11) is 1.77. The topological polar surface area (TPSA) is 85.6 Å². The predicted molar refractivity (Wildman–Crippen MR) is 124 cm³/mol. The van der Waals surface area contributed by atoms with Crippen LogP contribution in [0.5, 0.6) is 5.75 Å². The number of pyridine rings is 1. The van der Waals surface area contributed by atoms with E-state index in [9.17, 15) is 0 Å². The second kappa shape index (κ2) is 10.8. The van der Waals surface area contributed by atoms with E-state index in [0.29, 0.717) is 25.6 Å². The molecule has 32 heavy (non-hydrogen) atoms. The Morgan fingerprint density at radius 1 is 1.22 bits per heavy atom. The second-order valence-corrected chi connectivity index (χ2v) is 7.90. The highest BCUT2D eigenvalue weighted by Crippen LogP contribution is 2.22. The highest BCUT2D eigenvalue weighted by atomic mass is 16.5. The molecule has 0 saturated carbocycles. The van der Waals surface area contributed by atoms with Crippen molar-refractivity contribution in [3.05, 3.63) is 71.7 Å². The second-order valence-electron chi connectivity index (χ2n) is 7.90. The zero-order valence-corrected chi connectivity index (χ0v) is 18.6. The molecule has 1 atom stereocenters. The van der Waals surface area contributed by atoms with Gasteiger partial charge in [-0.25, -0.2) is 9.67 Å². The van der Waals surface area contributed by atoms with E-state index in [1.54, 1.807) is 24.1 Å². The standard InChI is InChI=1S/C24H30N6O2/c1-18-4-5-21(22(12-18)32-17-20-7-11-31-16-20)15-28-24(25-2)27-14-19-6-9-26-23(13-19)30-10-3-8-29-30/h3-6,8-10,12-13,20H,7,11,14-17H2,1-2H3,(H2,25,27,28). The van der Waals surface area contributed by atoms with E-state index in [0.717, 1.165) is 48.3 Å². The summed E-state index contributed by atoms with van der Waals surface area (Å²) < 4.78 is 13.4. The van der Waals surface area contributed by atoms with Crippen LogP contribution < -0.4 is 15.4 Å². The molecule has 3 aromatic rings. The molecular formula is C24H30N6O2. The molecule has 1 aliphatic heterocycles. The number of aryl methyl sites for hydroxylation is 1. The highest BCUT2D eigenvalue weighted by molar-refractivity contribution is 5.79. The molecule has 3 heterocycles. The monoisotopic (exact) mass is 434 g/mol. The predicted octanol–water partition coefficient (Wildman–Crippen LogP) is 2.86. The molecule has 8 nitrogen and oxygen atoms in total. The first kappa shape index (κ1) is 21.8. The first-order chi connectivity index (χ1) is 15.7. The lowest BCUT2D eigenvalue weighted by Crippen LogP contribution is -2.36. The number of guanidine groups is 1. The van der Waals surface area contributed by atoms with Gasteiger partial charge in [-0.15, -0.1) is 0 Å². The van der Waals surface area contributed by atoms with Crippen LogP contribution in [0.3, 0.4) is 0 Å². The summed E-state index contributed by atoms with van der Waals surface area (Å²) in [6, 6.07) is 12.2. The zero-order chi connectivity index (χ0) is 22.2. The molecule has 1 aromatic carbocycles. The maximum Gasteiger partial charge on any atom is 0.191 e. The van der Waals surface area contributed by atoms with Crippen LogP contribution in [0.4, 0.5) is 0 Å². The van der Waals surface area contributed by atoms with E-state index in [-0.39, 0.29) is 0 Å². The fourth-order valence-corrected chi connectivity index (χ4v) is 3.55. The van der Waals surface area contributed by atoms with Gasteiger partial charge in [-0.2, -0.15) is 5.10 Å². The van der Waals surface area contributed by atoms with Gasteiger partial charge in [-0.3, -0.25) is 4.99 Å². The van der Waals surface area contributed by atoms with Crippen molar-refractivity contribution < 1.29 is 9.47 Å². The van der Waals surface area contributed by atoms with Gasteiger partial charge in [0.25, 0.3) is 0 Å². The summed E-state index contributed by atoms with van der Waals surface area (Å²) in [5.41, 5.74) is 3.37. The van der Waals surface area contributed by atoms with Crippen molar-refractivity contribution >= 4 is 5.96 Å². The molecule has 0 spiro atoms. The van der Waals surface area contributed by atoms with Crippen LogP contribution in [0.15, 0.2) is 60.0 Å².